The normalized spacial score (nSPS) is 21.2. The first kappa shape index (κ1) is 8.69. The van der Waals surface area contributed by atoms with Crippen molar-refractivity contribution < 1.29 is 0 Å². The molecule has 0 saturated carbocycles. The van der Waals surface area contributed by atoms with Crippen molar-refractivity contribution in [2.24, 2.45) is 0 Å². The summed E-state index contributed by atoms with van der Waals surface area (Å²) in [5.41, 5.74) is 1.39. The zero-order valence-electron chi connectivity index (χ0n) is 6.83. The SMILES string of the molecule is CCN1c2ccccc2SC1I. The largest absolute Gasteiger partial charge is 0.350 e. The molecule has 0 aromatic heterocycles. The first-order valence-corrected chi connectivity index (χ1v) is 6.12. The molecule has 0 amide bonds. The molecule has 0 aliphatic carbocycles. The maximum Gasteiger partial charge on any atom is 0.132 e. The molecule has 1 aromatic carbocycles. The van der Waals surface area contributed by atoms with E-state index in [4.69, 9.17) is 0 Å². The highest BCUT2D eigenvalue weighted by atomic mass is 127. The van der Waals surface area contributed by atoms with E-state index in [1.54, 1.807) is 0 Å². The van der Waals surface area contributed by atoms with Gasteiger partial charge in [0, 0.05) is 11.4 Å². The highest BCUT2D eigenvalue weighted by Gasteiger charge is 2.25. The molecule has 0 N–H and O–H groups in total. The Morgan fingerprint density at radius 2 is 2.25 bits per heavy atom. The van der Waals surface area contributed by atoms with Gasteiger partial charge in [-0.3, -0.25) is 0 Å². The van der Waals surface area contributed by atoms with E-state index in [1.807, 2.05) is 11.8 Å². The number of anilines is 1. The lowest BCUT2D eigenvalue weighted by Crippen LogP contribution is -2.23. The van der Waals surface area contributed by atoms with Gasteiger partial charge in [0.2, 0.25) is 0 Å². The number of nitrogens with zero attached hydrogens (tertiary/aromatic N) is 1. The van der Waals surface area contributed by atoms with Crippen molar-refractivity contribution in [3.8, 4) is 0 Å². The minimum atomic E-state index is 0.574. The van der Waals surface area contributed by atoms with Gasteiger partial charge in [0.25, 0.3) is 0 Å². The quantitative estimate of drug-likeness (QED) is 0.443. The Morgan fingerprint density at radius 1 is 1.50 bits per heavy atom. The molecule has 1 heterocycles. The molecule has 2 rings (SSSR count). The molecule has 1 unspecified atom stereocenters. The molecule has 64 valence electrons. The molecule has 0 bridgehead atoms. The molecule has 3 heteroatoms. The van der Waals surface area contributed by atoms with Crippen LogP contribution in [0.3, 0.4) is 0 Å². The molecule has 1 aliphatic rings. The van der Waals surface area contributed by atoms with Crippen molar-refractivity contribution in [3.63, 3.8) is 0 Å². The zero-order valence-corrected chi connectivity index (χ0v) is 9.80. The first-order chi connectivity index (χ1) is 5.83. The fourth-order valence-corrected chi connectivity index (χ4v) is 3.96. The topological polar surface area (TPSA) is 3.24 Å². The molecule has 0 spiro atoms. The van der Waals surface area contributed by atoms with Gasteiger partial charge in [0.15, 0.2) is 0 Å². The zero-order chi connectivity index (χ0) is 8.55. The minimum absolute atomic E-state index is 0.574. The minimum Gasteiger partial charge on any atom is -0.350 e. The number of alkyl halides is 1. The summed E-state index contributed by atoms with van der Waals surface area (Å²) in [7, 11) is 0. The predicted octanol–water partition coefficient (Wildman–Crippen LogP) is 3.34. The van der Waals surface area contributed by atoms with Crippen molar-refractivity contribution in [2.75, 3.05) is 11.4 Å². The van der Waals surface area contributed by atoms with E-state index >= 15 is 0 Å². The van der Waals surface area contributed by atoms with Gasteiger partial charge in [0.1, 0.15) is 3.38 Å². The van der Waals surface area contributed by atoms with E-state index in [9.17, 15) is 0 Å². The Labute approximate surface area is 90.7 Å². The molecule has 1 aromatic rings. The molecule has 0 radical (unpaired) electrons. The van der Waals surface area contributed by atoms with Crippen molar-refractivity contribution in [2.45, 2.75) is 15.2 Å². The predicted molar refractivity (Wildman–Crippen MR) is 63.1 cm³/mol. The number of fused-ring (bicyclic) bond motifs is 1. The first-order valence-electron chi connectivity index (χ1n) is 3.99. The summed E-state index contributed by atoms with van der Waals surface area (Å²) in [5.74, 6) is 0. The number of benzene rings is 1. The van der Waals surface area contributed by atoms with Crippen LogP contribution < -0.4 is 4.90 Å². The summed E-state index contributed by atoms with van der Waals surface area (Å²) in [6, 6.07) is 8.61. The Hall–Kier alpha value is 0.1000. The fourth-order valence-electron chi connectivity index (χ4n) is 1.39. The number of halogens is 1. The van der Waals surface area contributed by atoms with Crippen molar-refractivity contribution >= 4 is 40.0 Å². The van der Waals surface area contributed by atoms with Gasteiger partial charge in [-0.1, -0.05) is 23.9 Å². The van der Waals surface area contributed by atoms with Crippen LogP contribution in [-0.4, -0.2) is 9.93 Å². The Kier molecular flexibility index (Phi) is 2.50. The smallest absolute Gasteiger partial charge is 0.132 e. The Balaban J connectivity index is 2.40. The summed E-state index contributed by atoms with van der Waals surface area (Å²) in [6.07, 6.45) is 0. The molecule has 1 atom stereocenters. The standard InChI is InChI=1S/C9H10INS/c1-2-11-7-5-3-4-6-8(7)12-9(11)10/h3-6,9H,2H2,1H3. The molecule has 0 fully saturated rings. The highest BCUT2D eigenvalue weighted by molar-refractivity contribution is 14.1. The second-order valence-corrected chi connectivity index (χ2v) is 5.81. The average molecular weight is 291 g/mol. The van der Waals surface area contributed by atoms with Crippen molar-refractivity contribution in [3.05, 3.63) is 24.3 Å². The van der Waals surface area contributed by atoms with Crippen LogP contribution in [0.4, 0.5) is 5.69 Å². The third kappa shape index (κ3) is 1.33. The lowest BCUT2D eigenvalue weighted by atomic mass is 10.3. The van der Waals surface area contributed by atoms with Crippen LogP contribution in [0.5, 0.6) is 0 Å². The van der Waals surface area contributed by atoms with Crippen molar-refractivity contribution in [1.29, 1.82) is 0 Å². The van der Waals surface area contributed by atoms with Crippen LogP contribution in [0.1, 0.15) is 6.92 Å². The molecule has 0 saturated heterocycles. The number of thioether (sulfide) groups is 1. The maximum absolute atomic E-state index is 2.48. The third-order valence-corrected chi connectivity index (χ3v) is 4.47. The summed E-state index contributed by atoms with van der Waals surface area (Å²) < 4.78 is 0.574. The molecule has 1 aliphatic heterocycles. The number of hydrogen-bond acceptors (Lipinski definition) is 2. The van der Waals surface area contributed by atoms with Crippen LogP contribution in [0, 0.1) is 0 Å². The number of para-hydroxylation sites is 1. The maximum atomic E-state index is 2.48. The van der Waals surface area contributed by atoms with Gasteiger partial charge < -0.3 is 4.90 Å². The average Bonchev–Trinajstić information content (AvgIpc) is 2.40. The van der Waals surface area contributed by atoms with Gasteiger partial charge >= 0.3 is 0 Å². The van der Waals surface area contributed by atoms with Crippen molar-refractivity contribution in [1.82, 2.24) is 0 Å². The van der Waals surface area contributed by atoms with E-state index < -0.39 is 0 Å². The molecule has 1 nitrogen and oxygen atoms in total. The summed E-state index contributed by atoms with van der Waals surface area (Å²) >= 11 is 4.41. The van der Waals surface area contributed by atoms with Gasteiger partial charge in [0.05, 0.1) is 5.69 Å². The monoisotopic (exact) mass is 291 g/mol. The van der Waals surface area contributed by atoms with Crippen LogP contribution >= 0.6 is 34.4 Å². The van der Waals surface area contributed by atoms with E-state index in [-0.39, 0.29) is 0 Å². The van der Waals surface area contributed by atoms with Crippen LogP contribution in [0.15, 0.2) is 29.2 Å². The highest BCUT2D eigenvalue weighted by Crippen LogP contribution is 2.45. The number of rotatable bonds is 1. The van der Waals surface area contributed by atoms with E-state index in [1.165, 1.54) is 10.6 Å². The molecule has 12 heavy (non-hydrogen) atoms. The lowest BCUT2D eigenvalue weighted by Gasteiger charge is -2.19. The number of hydrogen-bond donors (Lipinski definition) is 0. The molecular formula is C9H10INS. The second-order valence-electron chi connectivity index (χ2n) is 2.66. The van der Waals surface area contributed by atoms with Gasteiger partial charge in [-0.2, -0.15) is 0 Å². The summed E-state index contributed by atoms with van der Waals surface area (Å²) in [4.78, 5) is 3.83. The van der Waals surface area contributed by atoms with Gasteiger partial charge in [-0.05, 0) is 41.6 Å². The summed E-state index contributed by atoms with van der Waals surface area (Å²) in [5, 5.41) is 0. The van der Waals surface area contributed by atoms with E-state index in [0.717, 1.165) is 6.54 Å². The Bertz CT molecular complexity index is 290. The Morgan fingerprint density at radius 3 is 3.00 bits per heavy atom. The van der Waals surface area contributed by atoms with E-state index in [2.05, 4.69) is 58.7 Å². The lowest BCUT2D eigenvalue weighted by molar-refractivity contribution is 0.938. The van der Waals surface area contributed by atoms with E-state index in [0.29, 0.717) is 3.38 Å². The third-order valence-electron chi connectivity index (χ3n) is 1.98. The van der Waals surface area contributed by atoms with Gasteiger partial charge in [-0.15, -0.1) is 0 Å². The fraction of sp³-hybridized carbons (Fsp3) is 0.333. The van der Waals surface area contributed by atoms with Crippen LogP contribution in [0.2, 0.25) is 0 Å². The van der Waals surface area contributed by atoms with Crippen LogP contribution in [-0.2, 0) is 0 Å². The second kappa shape index (κ2) is 3.46. The van der Waals surface area contributed by atoms with Crippen LogP contribution in [0.25, 0.3) is 0 Å². The van der Waals surface area contributed by atoms with Gasteiger partial charge in [-0.25, -0.2) is 0 Å². The molecular weight excluding hydrogens is 281 g/mol. The summed E-state index contributed by atoms with van der Waals surface area (Å²) in [6.45, 7) is 3.30.